The van der Waals surface area contributed by atoms with Crippen LogP contribution in [0.4, 0.5) is 0 Å². The summed E-state index contributed by atoms with van der Waals surface area (Å²) in [6.45, 7) is 1.86. The van der Waals surface area contributed by atoms with Crippen LogP contribution in [-0.2, 0) is 24.8 Å². The predicted molar refractivity (Wildman–Crippen MR) is 141 cm³/mol. The first kappa shape index (κ1) is 26.4. The van der Waals surface area contributed by atoms with Gasteiger partial charge in [-0.1, -0.05) is 60.2 Å². The van der Waals surface area contributed by atoms with Gasteiger partial charge in [-0.05, 0) is 48.7 Å². The lowest BCUT2D eigenvalue weighted by Gasteiger charge is -2.26. The fourth-order valence-electron chi connectivity index (χ4n) is 4.03. The zero-order chi connectivity index (χ0) is 26.1. The highest BCUT2D eigenvalue weighted by molar-refractivity contribution is 7.89. The molecule has 36 heavy (non-hydrogen) atoms. The van der Waals surface area contributed by atoms with E-state index in [-0.39, 0.29) is 28.0 Å². The first-order valence-electron chi connectivity index (χ1n) is 11.2. The molecule has 1 N–H and O–H groups in total. The number of carbonyl (C=O) groups excluding carboxylic acids is 1. The van der Waals surface area contributed by atoms with Gasteiger partial charge in [-0.2, -0.15) is 16.9 Å². The molecule has 1 amide bonds. The monoisotopic (exact) mass is 545 g/mol. The van der Waals surface area contributed by atoms with E-state index in [1.54, 1.807) is 24.3 Å². The van der Waals surface area contributed by atoms with Crippen molar-refractivity contribution in [3.05, 3.63) is 84.4 Å². The average Bonchev–Trinajstić information content (AvgIpc) is 3.27. The number of hydrogen-bond donors (Lipinski definition) is 2. The lowest BCUT2D eigenvalue weighted by atomic mass is 10.1. The molecular weight excluding hydrogens is 518 g/mol. The van der Waals surface area contributed by atoms with Gasteiger partial charge in [-0.15, -0.1) is 4.41 Å². The molecule has 1 saturated heterocycles. The standard InChI is InChI=1S/C25H27N3O5S3/c1-18-8-12-22(13-9-18)35(30,31)27(2)26-25(29)24-16-21(34)17-28(24)36(32,33)23-14-10-20(11-15-23)19-6-4-3-5-7-19/h3-15,21,24,34H,16-17H2,1-2H3,(H,26,29)/t21-,24+/m1/s1. The van der Waals surface area contributed by atoms with Crippen LogP contribution in [0.25, 0.3) is 11.1 Å². The molecule has 1 heterocycles. The van der Waals surface area contributed by atoms with E-state index in [0.29, 0.717) is 4.41 Å². The van der Waals surface area contributed by atoms with Gasteiger partial charge in [0.2, 0.25) is 10.0 Å². The number of rotatable bonds is 7. The maximum Gasteiger partial charge on any atom is 0.259 e. The summed E-state index contributed by atoms with van der Waals surface area (Å²) in [6.07, 6.45) is 0.148. The topological polar surface area (TPSA) is 104 Å². The van der Waals surface area contributed by atoms with E-state index in [1.165, 1.54) is 31.3 Å². The molecule has 0 aliphatic carbocycles. The van der Waals surface area contributed by atoms with Gasteiger partial charge in [-0.3, -0.25) is 10.2 Å². The van der Waals surface area contributed by atoms with E-state index in [1.807, 2.05) is 37.3 Å². The maximum absolute atomic E-state index is 13.5. The quantitative estimate of drug-likeness (QED) is 0.351. The molecule has 0 unspecified atom stereocenters. The number of aryl methyl sites for hydroxylation is 1. The van der Waals surface area contributed by atoms with Gasteiger partial charge in [0.1, 0.15) is 6.04 Å². The van der Waals surface area contributed by atoms with Crippen LogP contribution in [0.5, 0.6) is 0 Å². The van der Waals surface area contributed by atoms with Gasteiger partial charge in [0.05, 0.1) is 9.79 Å². The second-order valence-electron chi connectivity index (χ2n) is 8.63. The average molecular weight is 546 g/mol. The Balaban J connectivity index is 1.54. The molecule has 1 aliphatic heterocycles. The number of nitrogens with zero attached hydrogens (tertiary/aromatic N) is 2. The zero-order valence-corrected chi connectivity index (χ0v) is 22.3. The number of hydrazine groups is 1. The fraction of sp³-hybridized carbons (Fsp3) is 0.240. The van der Waals surface area contributed by atoms with Crippen LogP contribution >= 0.6 is 12.6 Å². The Morgan fingerprint density at radius 1 is 0.889 bits per heavy atom. The van der Waals surface area contributed by atoms with E-state index < -0.39 is 32.0 Å². The number of thiol groups is 1. The molecule has 0 bridgehead atoms. The van der Waals surface area contributed by atoms with E-state index >= 15 is 0 Å². The Labute approximate surface area is 217 Å². The highest BCUT2D eigenvalue weighted by atomic mass is 32.2. The van der Waals surface area contributed by atoms with Crippen molar-refractivity contribution in [1.29, 1.82) is 0 Å². The van der Waals surface area contributed by atoms with Crippen LogP contribution in [0, 0.1) is 6.92 Å². The summed E-state index contributed by atoms with van der Waals surface area (Å²) in [5.74, 6) is -0.741. The van der Waals surface area contributed by atoms with E-state index in [9.17, 15) is 21.6 Å². The third-order valence-electron chi connectivity index (χ3n) is 6.05. The highest BCUT2D eigenvalue weighted by Gasteiger charge is 2.43. The fourth-order valence-corrected chi connectivity index (χ4v) is 7.17. The summed E-state index contributed by atoms with van der Waals surface area (Å²) >= 11 is 4.41. The number of nitrogens with one attached hydrogen (secondary N) is 1. The van der Waals surface area contributed by atoms with Crippen molar-refractivity contribution in [2.75, 3.05) is 13.6 Å². The van der Waals surface area contributed by atoms with Gasteiger partial charge in [-0.25, -0.2) is 16.8 Å². The number of carbonyl (C=O) groups is 1. The lowest BCUT2D eigenvalue weighted by molar-refractivity contribution is -0.126. The van der Waals surface area contributed by atoms with Crippen molar-refractivity contribution in [2.24, 2.45) is 0 Å². The first-order valence-corrected chi connectivity index (χ1v) is 14.6. The van der Waals surface area contributed by atoms with Gasteiger partial charge < -0.3 is 0 Å². The SMILES string of the molecule is Cc1ccc(S(=O)(=O)N(C)NC(=O)[C@@H]2C[C@@H](S)CN2S(=O)(=O)c2ccc(-c3ccccc3)cc2)cc1. The smallest absolute Gasteiger partial charge is 0.259 e. The molecule has 1 fully saturated rings. The summed E-state index contributed by atoms with van der Waals surface area (Å²) in [6, 6.07) is 21.1. The summed E-state index contributed by atoms with van der Waals surface area (Å²) < 4.78 is 54.5. The molecular formula is C25H27N3O5S3. The Morgan fingerprint density at radius 3 is 2.06 bits per heavy atom. The Morgan fingerprint density at radius 2 is 1.44 bits per heavy atom. The minimum Gasteiger partial charge on any atom is -0.274 e. The first-order chi connectivity index (χ1) is 17.0. The number of benzene rings is 3. The molecule has 190 valence electrons. The Hall–Kier alpha value is -2.70. The summed E-state index contributed by atoms with van der Waals surface area (Å²) in [4.78, 5) is 13.2. The minimum atomic E-state index is -4.04. The molecule has 1 aliphatic rings. The van der Waals surface area contributed by atoms with Gasteiger partial charge in [0.25, 0.3) is 15.9 Å². The molecule has 0 saturated carbocycles. The summed E-state index contributed by atoms with van der Waals surface area (Å²) in [5, 5.41) is -0.377. The van der Waals surface area contributed by atoms with Crippen LogP contribution in [0.1, 0.15) is 12.0 Å². The van der Waals surface area contributed by atoms with E-state index in [2.05, 4.69) is 18.1 Å². The van der Waals surface area contributed by atoms with E-state index in [4.69, 9.17) is 0 Å². The van der Waals surface area contributed by atoms with Crippen molar-refractivity contribution in [3.8, 4) is 11.1 Å². The normalized spacial score (nSPS) is 18.9. The van der Waals surface area contributed by atoms with Crippen LogP contribution in [0.2, 0.25) is 0 Å². The Kier molecular flexibility index (Phi) is 7.58. The van der Waals surface area contributed by atoms with Crippen LogP contribution < -0.4 is 5.43 Å². The highest BCUT2D eigenvalue weighted by Crippen LogP contribution is 2.30. The number of hydrogen-bond acceptors (Lipinski definition) is 6. The molecule has 0 aromatic heterocycles. The molecule has 11 heteroatoms. The van der Waals surface area contributed by atoms with Crippen molar-refractivity contribution in [3.63, 3.8) is 0 Å². The van der Waals surface area contributed by atoms with Crippen LogP contribution in [-0.4, -0.2) is 56.3 Å². The van der Waals surface area contributed by atoms with Crippen molar-refractivity contribution in [2.45, 2.75) is 34.4 Å². The van der Waals surface area contributed by atoms with E-state index in [0.717, 1.165) is 21.0 Å². The molecule has 2 atom stereocenters. The van der Waals surface area contributed by atoms with Crippen molar-refractivity contribution < 1.29 is 21.6 Å². The number of amides is 1. The summed E-state index contributed by atoms with van der Waals surface area (Å²) in [5.41, 5.74) is 5.05. The zero-order valence-electron chi connectivity index (χ0n) is 19.8. The minimum absolute atomic E-state index is 0.0115. The maximum atomic E-state index is 13.5. The molecule has 0 spiro atoms. The molecule has 3 aromatic rings. The van der Waals surface area contributed by atoms with Crippen LogP contribution in [0.3, 0.4) is 0 Å². The molecule has 4 rings (SSSR count). The van der Waals surface area contributed by atoms with Gasteiger partial charge in [0.15, 0.2) is 0 Å². The number of sulfonamides is 2. The molecule has 3 aromatic carbocycles. The van der Waals surface area contributed by atoms with Crippen molar-refractivity contribution in [1.82, 2.24) is 14.1 Å². The second-order valence-corrected chi connectivity index (χ2v) is 13.2. The second kappa shape index (κ2) is 10.3. The molecule has 8 nitrogen and oxygen atoms in total. The largest absolute Gasteiger partial charge is 0.274 e. The lowest BCUT2D eigenvalue weighted by Crippen LogP contribution is -2.52. The van der Waals surface area contributed by atoms with Gasteiger partial charge in [0, 0.05) is 18.8 Å². The third kappa shape index (κ3) is 5.35. The van der Waals surface area contributed by atoms with Crippen molar-refractivity contribution >= 4 is 38.6 Å². The van der Waals surface area contributed by atoms with Gasteiger partial charge >= 0.3 is 0 Å². The predicted octanol–water partition coefficient (Wildman–Crippen LogP) is 3.08. The Bertz CT molecular complexity index is 1440. The van der Waals surface area contributed by atoms with Crippen LogP contribution in [0.15, 0.2) is 88.7 Å². The molecule has 0 radical (unpaired) electrons. The third-order valence-corrected chi connectivity index (χ3v) is 9.99. The summed E-state index contributed by atoms with van der Waals surface area (Å²) in [7, 11) is -6.84.